The molecule has 0 atom stereocenters. The van der Waals surface area contributed by atoms with Gasteiger partial charge in [0.25, 0.3) is 11.6 Å². The molecule has 0 aliphatic carbocycles. The predicted octanol–water partition coefficient (Wildman–Crippen LogP) is 2.42. The minimum absolute atomic E-state index is 0.115. The van der Waals surface area contributed by atoms with Crippen LogP contribution in [0.2, 0.25) is 0 Å². The van der Waals surface area contributed by atoms with Gasteiger partial charge in [-0.05, 0) is 23.8 Å². The lowest BCUT2D eigenvalue weighted by atomic mass is 10.1. The van der Waals surface area contributed by atoms with Crippen LogP contribution in [0.15, 0.2) is 54.2 Å². The second kappa shape index (κ2) is 7.73. The van der Waals surface area contributed by atoms with E-state index in [0.717, 1.165) is 0 Å². The highest BCUT2D eigenvalue weighted by Gasteiger charge is 2.14. The Kier molecular flexibility index (Phi) is 5.47. The number of phenolic OH excluding ortho intramolecular Hbond substituents is 1. The van der Waals surface area contributed by atoms with Crippen molar-refractivity contribution in [2.45, 2.75) is 6.92 Å². The number of rotatable bonds is 5. The standard InChI is InChI=1S/C17H15N3O5/c1-11(21)18-15(10-12-5-4-6-13(9-12)20(24)25)17(23)19-14-7-2-3-8-16(14)22/h2-10,22H,1H3,(H,18,21)(H,19,23)/b15-10+. The van der Waals surface area contributed by atoms with E-state index in [1.807, 2.05) is 0 Å². The molecule has 0 aromatic heterocycles. The van der Waals surface area contributed by atoms with Crippen molar-refractivity contribution in [1.82, 2.24) is 5.32 Å². The summed E-state index contributed by atoms with van der Waals surface area (Å²) in [7, 11) is 0. The van der Waals surface area contributed by atoms with Gasteiger partial charge in [-0.1, -0.05) is 24.3 Å². The van der Waals surface area contributed by atoms with Crippen LogP contribution < -0.4 is 10.6 Å². The number of anilines is 1. The summed E-state index contributed by atoms with van der Waals surface area (Å²) in [4.78, 5) is 34.0. The van der Waals surface area contributed by atoms with Gasteiger partial charge in [0.15, 0.2) is 0 Å². The fourth-order valence-electron chi connectivity index (χ4n) is 2.01. The maximum absolute atomic E-state index is 12.4. The van der Waals surface area contributed by atoms with Gasteiger partial charge in [0.1, 0.15) is 11.4 Å². The van der Waals surface area contributed by atoms with Crippen LogP contribution in [0.1, 0.15) is 12.5 Å². The number of carbonyl (C=O) groups is 2. The Morgan fingerprint density at radius 1 is 1.16 bits per heavy atom. The van der Waals surface area contributed by atoms with Crippen LogP contribution in [-0.4, -0.2) is 21.8 Å². The Bertz CT molecular complexity index is 861. The number of benzene rings is 2. The first-order chi connectivity index (χ1) is 11.9. The third-order valence-corrected chi connectivity index (χ3v) is 3.10. The van der Waals surface area contributed by atoms with Crippen molar-refractivity contribution < 1.29 is 19.6 Å². The van der Waals surface area contributed by atoms with Gasteiger partial charge in [-0.15, -0.1) is 0 Å². The maximum Gasteiger partial charge on any atom is 0.272 e. The molecular weight excluding hydrogens is 326 g/mol. The number of nitrogens with one attached hydrogen (secondary N) is 2. The first-order valence-corrected chi connectivity index (χ1v) is 7.20. The normalized spacial score (nSPS) is 10.8. The van der Waals surface area contributed by atoms with Gasteiger partial charge in [0, 0.05) is 19.1 Å². The zero-order valence-corrected chi connectivity index (χ0v) is 13.2. The van der Waals surface area contributed by atoms with Crippen LogP contribution >= 0.6 is 0 Å². The second-order valence-electron chi connectivity index (χ2n) is 5.06. The molecule has 2 rings (SSSR count). The quantitative estimate of drug-likeness (QED) is 0.334. The molecule has 8 heteroatoms. The minimum atomic E-state index is -0.678. The van der Waals surface area contributed by atoms with E-state index in [4.69, 9.17) is 0 Å². The number of phenols is 1. The van der Waals surface area contributed by atoms with Crippen LogP contribution in [0.25, 0.3) is 6.08 Å². The molecule has 0 aliphatic heterocycles. The number of nitro groups is 1. The lowest BCUT2D eigenvalue weighted by Crippen LogP contribution is -2.28. The number of para-hydroxylation sites is 2. The van der Waals surface area contributed by atoms with Crippen molar-refractivity contribution in [2.24, 2.45) is 0 Å². The third kappa shape index (κ3) is 4.90. The minimum Gasteiger partial charge on any atom is -0.506 e. The van der Waals surface area contributed by atoms with Crippen molar-refractivity contribution in [1.29, 1.82) is 0 Å². The second-order valence-corrected chi connectivity index (χ2v) is 5.06. The Balaban J connectivity index is 2.33. The summed E-state index contributed by atoms with van der Waals surface area (Å²) in [6.45, 7) is 1.23. The van der Waals surface area contributed by atoms with Crippen LogP contribution in [0.5, 0.6) is 5.75 Å². The van der Waals surface area contributed by atoms with Crippen molar-refractivity contribution in [2.75, 3.05) is 5.32 Å². The Hall–Kier alpha value is -3.68. The summed E-state index contributed by atoms with van der Waals surface area (Å²) in [5, 5.41) is 25.4. The van der Waals surface area contributed by atoms with Crippen LogP contribution in [0, 0.1) is 10.1 Å². The molecule has 0 heterocycles. The van der Waals surface area contributed by atoms with E-state index in [1.165, 1.54) is 43.3 Å². The third-order valence-electron chi connectivity index (χ3n) is 3.10. The molecule has 2 aromatic carbocycles. The highest BCUT2D eigenvalue weighted by atomic mass is 16.6. The molecule has 0 radical (unpaired) electrons. The summed E-state index contributed by atoms with van der Waals surface area (Å²) in [5.74, 6) is -1.29. The van der Waals surface area contributed by atoms with Gasteiger partial charge in [-0.3, -0.25) is 19.7 Å². The van der Waals surface area contributed by atoms with Crippen molar-refractivity contribution >= 4 is 29.3 Å². The molecule has 2 amide bonds. The molecule has 2 aromatic rings. The maximum atomic E-state index is 12.4. The first-order valence-electron chi connectivity index (χ1n) is 7.20. The Labute approximate surface area is 142 Å². The number of aromatic hydroxyl groups is 1. The van der Waals surface area contributed by atoms with E-state index < -0.39 is 16.7 Å². The SMILES string of the molecule is CC(=O)N/C(=C/c1cccc([N+](=O)[O-])c1)C(=O)Nc1ccccc1O. The molecule has 0 saturated carbocycles. The average Bonchev–Trinajstić information content (AvgIpc) is 2.56. The van der Waals surface area contributed by atoms with Crippen molar-refractivity contribution in [3.8, 4) is 5.75 Å². The molecule has 0 unspecified atom stereocenters. The van der Waals surface area contributed by atoms with E-state index in [9.17, 15) is 24.8 Å². The van der Waals surface area contributed by atoms with Gasteiger partial charge in [-0.2, -0.15) is 0 Å². The number of hydrogen-bond donors (Lipinski definition) is 3. The van der Waals surface area contributed by atoms with Crippen LogP contribution in [0.3, 0.4) is 0 Å². The van der Waals surface area contributed by atoms with E-state index in [-0.39, 0.29) is 22.8 Å². The fraction of sp³-hybridized carbons (Fsp3) is 0.0588. The van der Waals surface area contributed by atoms with Gasteiger partial charge < -0.3 is 15.7 Å². The lowest BCUT2D eigenvalue weighted by molar-refractivity contribution is -0.384. The highest BCUT2D eigenvalue weighted by Crippen LogP contribution is 2.22. The van der Waals surface area contributed by atoms with Gasteiger partial charge in [0.2, 0.25) is 5.91 Å². The van der Waals surface area contributed by atoms with Crippen LogP contribution in [0.4, 0.5) is 11.4 Å². The van der Waals surface area contributed by atoms with Gasteiger partial charge in [0.05, 0.1) is 10.6 Å². The zero-order chi connectivity index (χ0) is 18.4. The van der Waals surface area contributed by atoms with E-state index in [0.29, 0.717) is 5.56 Å². The number of nitrogens with zero attached hydrogens (tertiary/aromatic N) is 1. The summed E-state index contributed by atoms with van der Waals surface area (Å²) >= 11 is 0. The topological polar surface area (TPSA) is 122 Å². The lowest BCUT2D eigenvalue weighted by Gasteiger charge is -2.10. The van der Waals surface area contributed by atoms with Crippen molar-refractivity contribution in [3.63, 3.8) is 0 Å². The molecule has 0 aliphatic rings. The number of carbonyl (C=O) groups excluding carboxylic acids is 2. The monoisotopic (exact) mass is 341 g/mol. The van der Waals surface area contributed by atoms with Gasteiger partial charge in [-0.25, -0.2) is 0 Å². The molecule has 128 valence electrons. The molecule has 0 fully saturated rings. The summed E-state index contributed by atoms with van der Waals surface area (Å²) < 4.78 is 0. The average molecular weight is 341 g/mol. The first kappa shape index (κ1) is 17.7. The number of non-ortho nitro benzene ring substituents is 1. The molecule has 3 N–H and O–H groups in total. The Morgan fingerprint density at radius 3 is 2.52 bits per heavy atom. The largest absolute Gasteiger partial charge is 0.506 e. The summed E-state index contributed by atoms with van der Waals surface area (Å²) in [5.41, 5.74) is 0.279. The van der Waals surface area contributed by atoms with Crippen LogP contribution in [-0.2, 0) is 9.59 Å². The fourth-order valence-corrected chi connectivity index (χ4v) is 2.01. The highest BCUT2D eigenvalue weighted by molar-refractivity contribution is 6.09. The molecule has 0 saturated heterocycles. The number of nitro benzene ring substituents is 1. The molecule has 0 bridgehead atoms. The van der Waals surface area contributed by atoms with Crippen molar-refractivity contribution in [3.05, 3.63) is 69.9 Å². The summed E-state index contributed by atoms with van der Waals surface area (Å²) in [6.07, 6.45) is 1.31. The molecule has 8 nitrogen and oxygen atoms in total. The van der Waals surface area contributed by atoms with E-state index in [2.05, 4.69) is 10.6 Å². The van der Waals surface area contributed by atoms with E-state index >= 15 is 0 Å². The smallest absolute Gasteiger partial charge is 0.272 e. The molecule has 0 spiro atoms. The predicted molar refractivity (Wildman–Crippen MR) is 91.6 cm³/mol. The summed E-state index contributed by atoms with van der Waals surface area (Å²) in [6, 6.07) is 11.7. The molecular formula is C17H15N3O5. The number of hydrogen-bond acceptors (Lipinski definition) is 5. The number of amides is 2. The van der Waals surface area contributed by atoms with E-state index in [1.54, 1.807) is 18.2 Å². The van der Waals surface area contributed by atoms with Gasteiger partial charge >= 0.3 is 0 Å². The zero-order valence-electron chi connectivity index (χ0n) is 13.2. The molecule has 25 heavy (non-hydrogen) atoms. The Morgan fingerprint density at radius 2 is 1.88 bits per heavy atom.